The average molecular weight is 260 g/mol. The zero-order valence-corrected chi connectivity index (χ0v) is 11.2. The fourth-order valence-electron chi connectivity index (χ4n) is 1.97. The van der Waals surface area contributed by atoms with Crippen molar-refractivity contribution in [3.63, 3.8) is 0 Å². The summed E-state index contributed by atoms with van der Waals surface area (Å²) in [4.78, 5) is 15.2. The largest absolute Gasteiger partial charge is 0.496 e. The van der Waals surface area contributed by atoms with Gasteiger partial charge in [0.15, 0.2) is 0 Å². The average Bonchev–Trinajstić information content (AvgIpc) is 2.70. The molecule has 0 saturated heterocycles. The molecule has 2 aromatic rings. The van der Waals surface area contributed by atoms with Crippen molar-refractivity contribution in [2.24, 2.45) is 0 Å². The molecule has 0 aliphatic heterocycles. The van der Waals surface area contributed by atoms with Gasteiger partial charge in [-0.3, -0.25) is 4.79 Å². The summed E-state index contributed by atoms with van der Waals surface area (Å²) in [5, 5.41) is 8.84. The minimum Gasteiger partial charge on any atom is -0.496 e. The predicted octanol–water partition coefficient (Wildman–Crippen LogP) is 2.26. The van der Waals surface area contributed by atoms with Crippen molar-refractivity contribution in [3.8, 4) is 17.0 Å². The fraction of sp³-hybridized carbons (Fsp3) is 0.286. The molecule has 1 heterocycles. The molecule has 5 heteroatoms. The fourth-order valence-corrected chi connectivity index (χ4v) is 1.97. The number of aromatic nitrogens is 2. The second-order valence-electron chi connectivity index (χ2n) is 4.40. The first-order chi connectivity index (χ1) is 9.01. The number of carboxylic acid groups (broad SMARTS) is 1. The number of carbonyl (C=O) groups is 1. The Morgan fingerprint density at radius 3 is 2.79 bits per heavy atom. The zero-order valence-electron chi connectivity index (χ0n) is 11.2. The maximum Gasteiger partial charge on any atom is 0.323 e. The highest BCUT2D eigenvalue weighted by Crippen LogP contribution is 2.30. The maximum atomic E-state index is 10.8. The van der Waals surface area contributed by atoms with Gasteiger partial charge in [0.1, 0.15) is 18.1 Å². The van der Waals surface area contributed by atoms with Crippen LogP contribution in [0.5, 0.6) is 5.75 Å². The molecule has 0 unspecified atom stereocenters. The van der Waals surface area contributed by atoms with Crippen molar-refractivity contribution in [2.45, 2.75) is 20.4 Å². The van der Waals surface area contributed by atoms with Crippen molar-refractivity contribution < 1.29 is 14.6 Å². The Labute approximate surface area is 111 Å². The van der Waals surface area contributed by atoms with Crippen LogP contribution in [0.1, 0.15) is 11.4 Å². The van der Waals surface area contributed by atoms with Crippen molar-refractivity contribution in [1.82, 2.24) is 9.55 Å². The van der Waals surface area contributed by atoms with Crippen LogP contribution in [0.3, 0.4) is 0 Å². The molecule has 5 nitrogen and oxygen atoms in total. The number of aryl methyl sites for hydroxylation is 2. The highest BCUT2D eigenvalue weighted by atomic mass is 16.5. The summed E-state index contributed by atoms with van der Waals surface area (Å²) in [6, 6.07) is 5.82. The molecule has 1 N–H and O–H groups in total. The van der Waals surface area contributed by atoms with Crippen molar-refractivity contribution in [3.05, 3.63) is 35.8 Å². The van der Waals surface area contributed by atoms with Crippen LogP contribution in [0.25, 0.3) is 11.3 Å². The smallest absolute Gasteiger partial charge is 0.323 e. The summed E-state index contributed by atoms with van der Waals surface area (Å²) in [7, 11) is 1.61. The molecule has 0 saturated carbocycles. The van der Waals surface area contributed by atoms with E-state index in [-0.39, 0.29) is 6.54 Å². The van der Waals surface area contributed by atoms with E-state index in [2.05, 4.69) is 4.98 Å². The number of hydrogen-bond donors (Lipinski definition) is 1. The predicted molar refractivity (Wildman–Crippen MR) is 71.3 cm³/mol. The van der Waals surface area contributed by atoms with Gasteiger partial charge < -0.3 is 14.4 Å². The summed E-state index contributed by atoms with van der Waals surface area (Å²) in [6.07, 6.45) is 1.74. The van der Waals surface area contributed by atoms with E-state index < -0.39 is 5.97 Å². The highest BCUT2D eigenvalue weighted by molar-refractivity contribution is 5.69. The molecule has 0 aliphatic carbocycles. The molecular formula is C14H16N2O3. The van der Waals surface area contributed by atoms with Crippen LogP contribution in [0.4, 0.5) is 0 Å². The van der Waals surface area contributed by atoms with Crippen LogP contribution in [0, 0.1) is 13.8 Å². The van der Waals surface area contributed by atoms with Gasteiger partial charge in [0.05, 0.1) is 12.8 Å². The number of carboxylic acids is 1. The molecular weight excluding hydrogens is 244 g/mol. The topological polar surface area (TPSA) is 64.3 Å². The number of imidazole rings is 1. The monoisotopic (exact) mass is 260 g/mol. The highest BCUT2D eigenvalue weighted by Gasteiger charge is 2.12. The van der Waals surface area contributed by atoms with Gasteiger partial charge >= 0.3 is 5.97 Å². The Hall–Kier alpha value is -2.30. The summed E-state index contributed by atoms with van der Waals surface area (Å²) >= 11 is 0. The first kappa shape index (κ1) is 13.1. The number of hydrogen-bond acceptors (Lipinski definition) is 3. The zero-order chi connectivity index (χ0) is 14.0. The van der Waals surface area contributed by atoms with Crippen LogP contribution >= 0.6 is 0 Å². The summed E-state index contributed by atoms with van der Waals surface area (Å²) in [5.41, 5.74) is 2.69. The normalized spacial score (nSPS) is 10.5. The second-order valence-corrected chi connectivity index (χ2v) is 4.40. The van der Waals surface area contributed by atoms with Crippen molar-refractivity contribution in [2.75, 3.05) is 7.11 Å². The van der Waals surface area contributed by atoms with E-state index in [1.807, 2.05) is 25.1 Å². The van der Waals surface area contributed by atoms with Crippen LogP contribution < -0.4 is 4.74 Å². The maximum absolute atomic E-state index is 10.8. The third-order valence-corrected chi connectivity index (χ3v) is 2.91. The quantitative estimate of drug-likeness (QED) is 0.915. The number of rotatable bonds is 4. The van der Waals surface area contributed by atoms with E-state index in [1.54, 1.807) is 24.8 Å². The Morgan fingerprint density at radius 1 is 1.42 bits per heavy atom. The van der Waals surface area contributed by atoms with Crippen LogP contribution in [-0.4, -0.2) is 27.7 Å². The van der Waals surface area contributed by atoms with Crippen molar-refractivity contribution >= 4 is 5.97 Å². The van der Waals surface area contributed by atoms with E-state index >= 15 is 0 Å². The van der Waals surface area contributed by atoms with Crippen LogP contribution in [0.15, 0.2) is 24.4 Å². The molecule has 0 spiro atoms. The van der Waals surface area contributed by atoms with Crippen LogP contribution in [0.2, 0.25) is 0 Å². The molecule has 100 valence electrons. The van der Waals surface area contributed by atoms with Gasteiger partial charge in [-0.15, -0.1) is 0 Å². The molecule has 0 fully saturated rings. The van der Waals surface area contributed by atoms with Gasteiger partial charge in [0.2, 0.25) is 0 Å². The van der Waals surface area contributed by atoms with E-state index in [9.17, 15) is 4.79 Å². The number of aliphatic carboxylic acids is 1. The lowest BCUT2D eigenvalue weighted by Gasteiger charge is -2.06. The van der Waals surface area contributed by atoms with Crippen LogP contribution in [-0.2, 0) is 11.3 Å². The molecule has 0 atom stereocenters. The molecule has 0 radical (unpaired) electrons. The lowest BCUT2D eigenvalue weighted by molar-refractivity contribution is -0.137. The number of ether oxygens (including phenoxy) is 1. The second kappa shape index (κ2) is 5.14. The van der Waals surface area contributed by atoms with Gasteiger partial charge in [0.25, 0.3) is 0 Å². The lowest BCUT2D eigenvalue weighted by Crippen LogP contribution is -2.08. The van der Waals surface area contributed by atoms with E-state index in [0.29, 0.717) is 5.82 Å². The third-order valence-electron chi connectivity index (χ3n) is 2.91. The molecule has 1 aromatic heterocycles. The molecule has 1 aromatic carbocycles. The number of methoxy groups -OCH3 is 1. The Balaban J connectivity index is 2.47. The van der Waals surface area contributed by atoms with Gasteiger partial charge in [-0.2, -0.15) is 0 Å². The number of nitrogens with zero attached hydrogens (tertiary/aromatic N) is 2. The standard InChI is InChI=1S/C14H16N2O3/c1-9-4-5-13(19-3)11(6-9)12-7-16(8-14(17)18)10(2)15-12/h4-7H,8H2,1-3H3,(H,17,18). The Kier molecular flexibility index (Phi) is 3.55. The van der Waals surface area contributed by atoms with E-state index in [4.69, 9.17) is 9.84 Å². The molecule has 0 aliphatic rings. The first-order valence-electron chi connectivity index (χ1n) is 5.92. The van der Waals surface area contributed by atoms with Gasteiger partial charge in [0, 0.05) is 11.8 Å². The molecule has 0 amide bonds. The molecule has 2 rings (SSSR count). The summed E-state index contributed by atoms with van der Waals surface area (Å²) in [5.74, 6) is 0.509. The van der Waals surface area contributed by atoms with Gasteiger partial charge in [-0.1, -0.05) is 11.6 Å². The molecule has 0 bridgehead atoms. The first-order valence-corrected chi connectivity index (χ1v) is 5.92. The van der Waals surface area contributed by atoms with E-state index in [1.165, 1.54) is 0 Å². The molecule has 19 heavy (non-hydrogen) atoms. The van der Waals surface area contributed by atoms with Crippen molar-refractivity contribution in [1.29, 1.82) is 0 Å². The third kappa shape index (κ3) is 2.76. The summed E-state index contributed by atoms with van der Waals surface area (Å²) in [6.45, 7) is 3.69. The Morgan fingerprint density at radius 2 is 2.16 bits per heavy atom. The number of benzene rings is 1. The lowest BCUT2D eigenvalue weighted by atomic mass is 10.1. The SMILES string of the molecule is COc1ccc(C)cc1-c1cn(CC(=O)O)c(C)n1. The summed E-state index contributed by atoms with van der Waals surface area (Å²) < 4.78 is 6.93. The van der Waals surface area contributed by atoms with E-state index in [0.717, 1.165) is 22.6 Å². The van der Waals surface area contributed by atoms with Gasteiger partial charge in [-0.25, -0.2) is 4.98 Å². The van der Waals surface area contributed by atoms with Gasteiger partial charge in [-0.05, 0) is 26.0 Å². The minimum absolute atomic E-state index is 0.0903. The minimum atomic E-state index is -0.886. The Bertz CT molecular complexity index is 617.